The molecule has 0 aromatic carbocycles. The highest BCUT2D eigenvalue weighted by Gasteiger charge is 2.07. The third-order valence-electron chi connectivity index (χ3n) is 2.35. The van der Waals surface area contributed by atoms with Gasteiger partial charge in [-0.2, -0.15) is 0 Å². The number of nitrogens with zero attached hydrogens (tertiary/aromatic N) is 1. The summed E-state index contributed by atoms with van der Waals surface area (Å²) in [5.74, 6) is -0.00123. The van der Waals surface area contributed by atoms with E-state index < -0.39 is 0 Å². The fourth-order valence-corrected chi connectivity index (χ4v) is 1.43. The van der Waals surface area contributed by atoms with Gasteiger partial charge < -0.3 is 14.3 Å². The molecule has 0 saturated carbocycles. The minimum atomic E-state index is -0.274. The van der Waals surface area contributed by atoms with Crippen molar-refractivity contribution in [1.82, 2.24) is 9.88 Å². The second kappa shape index (κ2) is 4.69. The van der Waals surface area contributed by atoms with E-state index in [1.54, 1.807) is 31.4 Å². The number of amides is 1. The fourth-order valence-electron chi connectivity index (χ4n) is 1.43. The van der Waals surface area contributed by atoms with Gasteiger partial charge in [-0.15, -0.1) is 0 Å². The molecule has 1 N–H and O–H groups in total. The zero-order valence-corrected chi connectivity index (χ0v) is 9.34. The Kier molecular flexibility index (Phi) is 3.09. The molecular formula is C12H12N2O3. The molecule has 0 aliphatic carbocycles. The monoisotopic (exact) mass is 232 g/mol. The van der Waals surface area contributed by atoms with Crippen LogP contribution < -0.4 is 10.9 Å². The fraction of sp³-hybridized carbons (Fsp3) is 0.167. The number of carbonyl (C=O) groups excluding carboxylic acids is 1. The molecule has 5 heteroatoms. The lowest BCUT2D eigenvalue weighted by atomic mass is 10.3. The number of aromatic nitrogens is 1. The van der Waals surface area contributed by atoms with E-state index in [9.17, 15) is 9.59 Å². The van der Waals surface area contributed by atoms with E-state index in [0.717, 1.165) is 5.56 Å². The maximum Gasteiger partial charge on any atom is 0.287 e. The molecule has 2 heterocycles. The summed E-state index contributed by atoms with van der Waals surface area (Å²) in [7, 11) is 1.67. The summed E-state index contributed by atoms with van der Waals surface area (Å²) in [5, 5.41) is 2.70. The van der Waals surface area contributed by atoms with E-state index in [0.29, 0.717) is 6.54 Å². The highest BCUT2D eigenvalue weighted by atomic mass is 16.3. The van der Waals surface area contributed by atoms with Crippen LogP contribution in [0.15, 0.2) is 45.9 Å². The zero-order chi connectivity index (χ0) is 12.3. The Hall–Kier alpha value is -2.30. The number of carbonyl (C=O) groups is 1. The first-order valence-electron chi connectivity index (χ1n) is 5.14. The van der Waals surface area contributed by atoms with Crippen LogP contribution in [-0.2, 0) is 13.6 Å². The second-order valence-electron chi connectivity index (χ2n) is 3.65. The van der Waals surface area contributed by atoms with Crippen molar-refractivity contribution in [2.45, 2.75) is 6.54 Å². The molecule has 0 fully saturated rings. The third kappa shape index (κ3) is 2.63. The Morgan fingerprint density at radius 1 is 1.41 bits per heavy atom. The van der Waals surface area contributed by atoms with E-state index in [1.807, 2.05) is 0 Å². The molecule has 2 aromatic heterocycles. The van der Waals surface area contributed by atoms with Crippen LogP contribution in [0.3, 0.4) is 0 Å². The van der Waals surface area contributed by atoms with Gasteiger partial charge in [0.05, 0.1) is 6.26 Å². The third-order valence-corrected chi connectivity index (χ3v) is 2.35. The Bertz CT molecular complexity index is 570. The van der Waals surface area contributed by atoms with Crippen LogP contribution in [0.25, 0.3) is 0 Å². The molecule has 0 aliphatic rings. The molecular weight excluding hydrogens is 220 g/mol. The molecule has 2 aromatic rings. The maximum atomic E-state index is 11.6. The van der Waals surface area contributed by atoms with Crippen molar-refractivity contribution in [3.63, 3.8) is 0 Å². The van der Waals surface area contributed by atoms with Gasteiger partial charge in [-0.05, 0) is 17.7 Å². The lowest BCUT2D eigenvalue weighted by molar-refractivity contribution is 0.0923. The van der Waals surface area contributed by atoms with Gasteiger partial charge in [0.25, 0.3) is 5.91 Å². The van der Waals surface area contributed by atoms with Crippen LogP contribution >= 0.6 is 0 Å². The first-order valence-corrected chi connectivity index (χ1v) is 5.14. The molecule has 0 radical (unpaired) electrons. The van der Waals surface area contributed by atoms with Crippen molar-refractivity contribution in [1.29, 1.82) is 0 Å². The van der Waals surface area contributed by atoms with Gasteiger partial charge in [-0.3, -0.25) is 9.59 Å². The lowest BCUT2D eigenvalue weighted by Crippen LogP contribution is -2.23. The van der Waals surface area contributed by atoms with Gasteiger partial charge >= 0.3 is 0 Å². The smallest absolute Gasteiger partial charge is 0.287 e. The predicted octanol–water partition coefficient (Wildman–Crippen LogP) is 0.908. The van der Waals surface area contributed by atoms with Gasteiger partial charge in [0.1, 0.15) is 0 Å². The number of nitrogens with one attached hydrogen (secondary N) is 1. The summed E-state index contributed by atoms with van der Waals surface area (Å²) in [6.07, 6.45) is 3.13. The largest absolute Gasteiger partial charge is 0.459 e. The van der Waals surface area contributed by atoms with Crippen molar-refractivity contribution in [2.24, 2.45) is 7.05 Å². The van der Waals surface area contributed by atoms with Crippen molar-refractivity contribution < 1.29 is 9.21 Å². The van der Waals surface area contributed by atoms with Crippen LogP contribution in [0.1, 0.15) is 16.1 Å². The number of hydrogen-bond donors (Lipinski definition) is 1. The minimum Gasteiger partial charge on any atom is -0.459 e. The Morgan fingerprint density at radius 2 is 2.24 bits per heavy atom. The topological polar surface area (TPSA) is 64.2 Å². The SMILES string of the molecule is Cn1cc(CNC(=O)c2ccco2)ccc1=O. The van der Waals surface area contributed by atoms with Crippen molar-refractivity contribution >= 4 is 5.91 Å². The van der Waals surface area contributed by atoms with E-state index >= 15 is 0 Å². The highest BCUT2D eigenvalue weighted by molar-refractivity contribution is 5.91. The predicted molar refractivity (Wildman–Crippen MR) is 61.6 cm³/mol. The van der Waals surface area contributed by atoms with Crippen LogP contribution in [0.2, 0.25) is 0 Å². The molecule has 17 heavy (non-hydrogen) atoms. The van der Waals surface area contributed by atoms with E-state index in [4.69, 9.17) is 4.42 Å². The van der Waals surface area contributed by atoms with Crippen LogP contribution in [0.5, 0.6) is 0 Å². The summed E-state index contributed by atoms with van der Waals surface area (Å²) in [5.41, 5.74) is 0.776. The quantitative estimate of drug-likeness (QED) is 0.855. The molecule has 0 atom stereocenters. The zero-order valence-electron chi connectivity index (χ0n) is 9.34. The molecule has 0 spiro atoms. The molecule has 1 amide bonds. The summed E-state index contributed by atoms with van der Waals surface area (Å²) < 4.78 is 6.43. The van der Waals surface area contributed by atoms with Crippen molar-refractivity contribution in [2.75, 3.05) is 0 Å². The first-order chi connectivity index (χ1) is 8.16. The summed E-state index contributed by atoms with van der Waals surface area (Å²) >= 11 is 0. The molecule has 0 unspecified atom stereocenters. The Labute approximate surface area is 97.7 Å². The van der Waals surface area contributed by atoms with E-state index in [2.05, 4.69) is 5.32 Å². The summed E-state index contributed by atoms with van der Waals surface area (Å²) in [4.78, 5) is 22.7. The standard InChI is InChI=1S/C12H12N2O3/c1-14-8-9(4-5-11(14)15)7-13-12(16)10-3-2-6-17-10/h2-6,8H,7H2,1H3,(H,13,16). The van der Waals surface area contributed by atoms with Gasteiger partial charge in [-0.25, -0.2) is 0 Å². The summed E-state index contributed by atoms with van der Waals surface area (Å²) in [6.45, 7) is 0.355. The normalized spacial score (nSPS) is 10.2. The van der Waals surface area contributed by atoms with Gasteiger partial charge in [0.15, 0.2) is 5.76 Å². The second-order valence-corrected chi connectivity index (χ2v) is 3.65. The molecule has 0 aliphatic heterocycles. The molecule has 88 valence electrons. The number of aryl methyl sites for hydroxylation is 1. The van der Waals surface area contributed by atoms with Gasteiger partial charge in [-0.1, -0.05) is 6.07 Å². The van der Waals surface area contributed by atoms with Crippen LogP contribution in [0, 0.1) is 0 Å². The Balaban J connectivity index is 2.00. The van der Waals surface area contributed by atoms with Gasteiger partial charge in [0.2, 0.25) is 5.56 Å². The van der Waals surface area contributed by atoms with Crippen LogP contribution in [-0.4, -0.2) is 10.5 Å². The van der Waals surface area contributed by atoms with E-state index in [1.165, 1.54) is 16.9 Å². The maximum absolute atomic E-state index is 11.6. The molecule has 2 rings (SSSR count). The van der Waals surface area contributed by atoms with E-state index in [-0.39, 0.29) is 17.2 Å². The lowest BCUT2D eigenvalue weighted by Gasteiger charge is -2.04. The first kappa shape index (κ1) is 11.2. The number of furan rings is 1. The Morgan fingerprint density at radius 3 is 2.88 bits per heavy atom. The number of hydrogen-bond acceptors (Lipinski definition) is 3. The van der Waals surface area contributed by atoms with Crippen LogP contribution in [0.4, 0.5) is 0 Å². The number of pyridine rings is 1. The highest BCUT2D eigenvalue weighted by Crippen LogP contribution is 2.00. The average molecular weight is 232 g/mol. The average Bonchev–Trinajstić information content (AvgIpc) is 2.84. The van der Waals surface area contributed by atoms with Crippen molar-refractivity contribution in [3.05, 3.63) is 58.4 Å². The molecule has 0 bridgehead atoms. The minimum absolute atomic E-state index is 0.0777. The van der Waals surface area contributed by atoms with Gasteiger partial charge in [0, 0.05) is 25.9 Å². The number of rotatable bonds is 3. The van der Waals surface area contributed by atoms with Crippen molar-refractivity contribution in [3.8, 4) is 0 Å². The molecule has 5 nitrogen and oxygen atoms in total. The molecule has 0 saturated heterocycles. The summed E-state index contributed by atoms with van der Waals surface area (Å²) in [6, 6.07) is 6.40.